The zero-order chi connectivity index (χ0) is 27.4. The molecule has 0 saturated heterocycles. The number of hydrogen-bond donors (Lipinski definition) is 0. The fraction of sp³-hybridized carbons (Fsp3) is 0. The largest absolute Gasteiger partial charge is 0.192 e. The summed E-state index contributed by atoms with van der Waals surface area (Å²) in [4.78, 5) is 0. The highest BCUT2D eigenvalue weighted by Gasteiger charge is 2.35. The predicted molar refractivity (Wildman–Crippen MR) is 170 cm³/mol. The van der Waals surface area contributed by atoms with Crippen LogP contribution in [-0.4, -0.2) is 6.15 Å². The second-order valence-corrected chi connectivity index (χ2v) is 12.8. The molecule has 0 amide bonds. The van der Waals surface area contributed by atoms with Crippen molar-refractivity contribution < 1.29 is 0 Å². The van der Waals surface area contributed by atoms with Crippen LogP contribution in [0.2, 0.25) is 60.3 Å². The molecular weight excluding hydrogens is 725 g/mol. The second-order valence-electron chi connectivity index (χ2n) is 8.06. The lowest BCUT2D eigenvalue weighted by Crippen LogP contribution is -2.75. The van der Waals surface area contributed by atoms with Gasteiger partial charge in [0.2, 0.25) is 0 Å². The standard InChI is InChI=1S/C24H8BCl12/c26-13-1-9(2-14(27)21(13)34)25(10-3-15(28)22(35)16(29)4-10,11-5-17(30)23(36)18(31)6-11)12-7-19(32)24(37)20(33)8-12/h1-8H/q-1. The molecule has 4 rings (SSSR count). The summed E-state index contributed by atoms with van der Waals surface area (Å²) in [6, 6.07) is 13.3. The van der Waals surface area contributed by atoms with Crippen molar-refractivity contribution in [2.45, 2.75) is 0 Å². The third-order valence-corrected chi connectivity index (χ3v) is 10.8. The summed E-state index contributed by atoms with van der Waals surface area (Å²) in [5.41, 5.74) is 2.33. The van der Waals surface area contributed by atoms with E-state index in [4.69, 9.17) is 139 Å². The molecule has 0 nitrogen and oxygen atoms in total. The van der Waals surface area contributed by atoms with E-state index in [1.165, 1.54) is 0 Å². The maximum Gasteiger partial charge on any atom is 0.108 e. The van der Waals surface area contributed by atoms with Gasteiger partial charge in [0.15, 0.2) is 0 Å². The van der Waals surface area contributed by atoms with E-state index in [2.05, 4.69) is 0 Å². The molecule has 0 unspecified atom stereocenters. The van der Waals surface area contributed by atoms with Gasteiger partial charge in [-0.3, -0.25) is 0 Å². The zero-order valence-electron chi connectivity index (χ0n) is 17.7. The fourth-order valence-corrected chi connectivity index (χ4v) is 6.91. The molecule has 0 fully saturated rings. The Hall–Kier alpha value is 0.425. The van der Waals surface area contributed by atoms with Gasteiger partial charge in [-0.05, 0) is 0 Å². The van der Waals surface area contributed by atoms with Crippen LogP contribution >= 0.6 is 139 Å². The number of benzene rings is 4. The van der Waals surface area contributed by atoms with Gasteiger partial charge in [0.05, 0.1) is 60.3 Å². The van der Waals surface area contributed by atoms with Crippen LogP contribution in [0.1, 0.15) is 0 Å². The van der Waals surface area contributed by atoms with Crippen molar-refractivity contribution in [3.63, 3.8) is 0 Å². The Kier molecular flexibility index (Phi) is 9.63. The average molecular weight is 733 g/mol. The molecule has 0 heterocycles. The van der Waals surface area contributed by atoms with Crippen molar-refractivity contribution >= 4 is 167 Å². The van der Waals surface area contributed by atoms with Gasteiger partial charge in [0, 0.05) is 0 Å². The number of halogens is 12. The minimum atomic E-state index is -2.34. The Bertz CT molecular complexity index is 1240. The fourth-order valence-electron chi connectivity index (χ4n) is 4.46. The maximum atomic E-state index is 6.52. The van der Waals surface area contributed by atoms with E-state index in [1.54, 1.807) is 48.5 Å². The van der Waals surface area contributed by atoms with Crippen LogP contribution in [0.25, 0.3) is 0 Å². The molecule has 0 aliphatic heterocycles. The van der Waals surface area contributed by atoms with Gasteiger partial charge in [-0.15, -0.1) is 0 Å². The predicted octanol–water partition coefficient (Wildman–Crippen LogP) is 10.9. The van der Waals surface area contributed by atoms with Gasteiger partial charge < -0.3 is 0 Å². The summed E-state index contributed by atoms with van der Waals surface area (Å²) in [6.07, 6.45) is -2.34. The molecule has 13 heteroatoms. The van der Waals surface area contributed by atoms with Gasteiger partial charge in [-0.25, -0.2) is 0 Å². The Morgan fingerprint density at radius 3 is 0.541 bits per heavy atom. The van der Waals surface area contributed by atoms with E-state index in [0.717, 1.165) is 0 Å². The highest BCUT2D eigenvalue weighted by atomic mass is 35.5. The van der Waals surface area contributed by atoms with Gasteiger partial charge in [-0.1, -0.05) is 188 Å². The molecule has 192 valence electrons. The lowest BCUT2D eigenvalue weighted by Gasteiger charge is -2.45. The monoisotopic (exact) mass is 727 g/mol. The summed E-state index contributed by atoms with van der Waals surface area (Å²) < 4.78 is 0. The first-order valence-electron chi connectivity index (χ1n) is 10.0. The van der Waals surface area contributed by atoms with E-state index >= 15 is 0 Å². The van der Waals surface area contributed by atoms with Crippen molar-refractivity contribution in [1.29, 1.82) is 0 Å². The first-order valence-corrected chi connectivity index (χ1v) is 14.6. The van der Waals surface area contributed by atoms with Crippen molar-refractivity contribution in [3.05, 3.63) is 109 Å². The van der Waals surface area contributed by atoms with Gasteiger partial charge >= 0.3 is 0 Å². The average Bonchev–Trinajstić information content (AvgIpc) is 2.83. The van der Waals surface area contributed by atoms with Crippen molar-refractivity contribution in [3.8, 4) is 0 Å². The quantitative estimate of drug-likeness (QED) is 0.145. The van der Waals surface area contributed by atoms with E-state index in [1.807, 2.05) is 0 Å². The molecule has 0 aliphatic rings. The van der Waals surface area contributed by atoms with Gasteiger partial charge in [-0.2, -0.15) is 21.9 Å². The molecule has 4 aromatic carbocycles. The molecule has 0 N–H and O–H groups in total. The molecule has 0 bridgehead atoms. The van der Waals surface area contributed by atoms with Crippen LogP contribution in [-0.2, 0) is 0 Å². The SMILES string of the molecule is Clc1cc([B-](c2cc(Cl)c(Cl)c(Cl)c2)(c2cc(Cl)c(Cl)c(Cl)c2)c2cc(Cl)c(Cl)c(Cl)c2)cc(Cl)c1Cl. The van der Waals surface area contributed by atoms with Crippen LogP contribution in [0.4, 0.5) is 0 Å². The number of hydrogen-bond acceptors (Lipinski definition) is 0. The Balaban J connectivity index is 2.33. The molecular formula is C24H8BCl12-. The van der Waals surface area contributed by atoms with Crippen LogP contribution < -0.4 is 21.9 Å². The van der Waals surface area contributed by atoms with Crippen LogP contribution in [0, 0.1) is 0 Å². The summed E-state index contributed by atoms with van der Waals surface area (Å²) in [6.45, 7) is 0. The van der Waals surface area contributed by atoms with E-state index in [9.17, 15) is 0 Å². The Labute approximate surface area is 273 Å². The summed E-state index contributed by atoms with van der Waals surface area (Å²) in [5.74, 6) is 0. The Morgan fingerprint density at radius 1 is 0.270 bits per heavy atom. The molecule has 0 radical (unpaired) electrons. The number of rotatable bonds is 4. The van der Waals surface area contributed by atoms with Crippen LogP contribution in [0.15, 0.2) is 48.5 Å². The third kappa shape index (κ3) is 5.52. The molecule has 4 aromatic rings. The molecule has 0 saturated carbocycles. The van der Waals surface area contributed by atoms with Crippen LogP contribution in [0.5, 0.6) is 0 Å². The van der Waals surface area contributed by atoms with Gasteiger partial charge in [0.25, 0.3) is 0 Å². The summed E-state index contributed by atoms with van der Waals surface area (Å²) >= 11 is 77.5. The van der Waals surface area contributed by atoms with E-state index in [0.29, 0.717) is 21.9 Å². The van der Waals surface area contributed by atoms with E-state index < -0.39 is 6.15 Å². The van der Waals surface area contributed by atoms with Crippen molar-refractivity contribution in [1.82, 2.24) is 0 Å². The highest BCUT2D eigenvalue weighted by Crippen LogP contribution is 2.35. The lowest BCUT2D eigenvalue weighted by atomic mass is 9.13. The van der Waals surface area contributed by atoms with E-state index in [-0.39, 0.29) is 60.3 Å². The van der Waals surface area contributed by atoms with Gasteiger partial charge in [0.1, 0.15) is 6.15 Å². The summed E-state index contributed by atoms with van der Waals surface area (Å²) in [5, 5.41) is 2.23. The first kappa shape index (κ1) is 30.4. The first-order chi connectivity index (χ1) is 17.3. The molecule has 0 aromatic heterocycles. The smallest absolute Gasteiger partial charge is 0.108 e. The second kappa shape index (κ2) is 11.7. The molecule has 0 atom stereocenters. The third-order valence-electron chi connectivity index (χ3n) is 6.02. The maximum absolute atomic E-state index is 6.52. The molecule has 37 heavy (non-hydrogen) atoms. The minimum absolute atomic E-state index is 0.170. The lowest BCUT2D eigenvalue weighted by molar-refractivity contribution is 1.65. The highest BCUT2D eigenvalue weighted by molar-refractivity contribution is 7.20. The normalized spacial score (nSPS) is 11.8. The Morgan fingerprint density at radius 2 is 0.405 bits per heavy atom. The van der Waals surface area contributed by atoms with Crippen molar-refractivity contribution in [2.75, 3.05) is 0 Å². The zero-order valence-corrected chi connectivity index (χ0v) is 26.8. The minimum Gasteiger partial charge on any atom is -0.192 e. The van der Waals surface area contributed by atoms with Crippen molar-refractivity contribution in [2.24, 2.45) is 0 Å². The summed E-state index contributed by atoms with van der Waals surface area (Å²) in [7, 11) is 0. The molecule has 0 aliphatic carbocycles. The van der Waals surface area contributed by atoms with Crippen LogP contribution in [0.3, 0.4) is 0 Å². The molecule has 0 spiro atoms. The topological polar surface area (TPSA) is 0 Å².